The molecule has 0 saturated carbocycles. The first kappa shape index (κ1) is 12.1. The Morgan fingerprint density at radius 1 is 1.31 bits per heavy atom. The van der Waals surface area contributed by atoms with Crippen molar-refractivity contribution in [2.24, 2.45) is 5.92 Å². The number of rotatable bonds is 7. The van der Waals surface area contributed by atoms with E-state index in [4.69, 9.17) is 5.11 Å². The van der Waals surface area contributed by atoms with Crippen LogP contribution in [0.15, 0.2) is 0 Å². The number of hydrogen-bond donors (Lipinski definition) is 1. The standard InChI is InChI=1S/C10H18O3/c1-3-4-5-6-9(11)8(2)7-10(12)13/h8H,3-7H2,1-2H3,(H,12,13)/t8-/m0/s1. The molecule has 0 bridgehead atoms. The zero-order valence-electron chi connectivity index (χ0n) is 8.38. The maximum absolute atomic E-state index is 11.3. The highest BCUT2D eigenvalue weighted by molar-refractivity contribution is 5.84. The van der Waals surface area contributed by atoms with Gasteiger partial charge in [0.05, 0.1) is 6.42 Å². The minimum absolute atomic E-state index is 0.0367. The number of carbonyl (C=O) groups is 2. The fourth-order valence-electron chi connectivity index (χ4n) is 1.17. The van der Waals surface area contributed by atoms with Crippen LogP contribution in [0, 0.1) is 5.92 Å². The van der Waals surface area contributed by atoms with Crippen molar-refractivity contribution in [3.63, 3.8) is 0 Å². The fourth-order valence-corrected chi connectivity index (χ4v) is 1.17. The minimum Gasteiger partial charge on any atom is -0.481 e. The summed E-state index contributed by atoms with van der Waals surface area (Å²) in [6.07, 6.45) is 3.51. The molecule has 0 aliphatic heterocycles. The fraction of sp³-hybridized carbons (Fsp3) is 0.800. The molecule has 0 aliphatic rings. The zero-order chi connectivity index (χ0) is 10.3. The van der Waals surface area contributed by atoms with Gasteiger partial charge in [-0.3, -0.25) is 9.59 Å². The number of carboxylic acid groups (broad SMARTS) is 1. The molecule has 0 saturated heterocycles. The molecule has 0 aliphatic carbocycles. The summed E-state index contributed by atoms with van der Waals surface area (Å²) >= 11 is 0. The van der Waals surface area contributed by atoms with E-state index in [1.807, 2.05) is 0 Å². The third-order valence-electron chi connectivity index (χ3n) is 2.06. The van der Waals surface area contributed by atoms with Crippen molar-refractivity contribution < 1.29 is 14.7 Å². The Morgan fingerprint density at radius 3 is 2.38 bits per heavy atom. The Kier molecular flexibility index (Phi) is 6.20. The largest absolute Gasteiger partial charge is 0.481 e. The Bertz CT molecular complexity index is 175. The molecule has 3 nitrogen and oxygen atoms in total. The molecule has 0 spiro atoms. The van der Waals surface area contributed by atoms with Crippen LogP contribution in [0.25, 0.3) is 0 Å². The predicted molar refractivity (Wildman–Crippen MR) is 50.6 cm³/mol. The van der Waals surface area contributed by atoms with E-state index in [2.05, 4.69) is 6.92 Å². The van der Waals surface area contributed by atoms with Crippen molar-refractivity contribution >= 4 is 11.8 Å². The van der Waals surface area contributed by atoms with Crippen molar-refractivity contribution in [1.29, 1.82) is 0 Å². The van der Waals surface area contributed by atoms with Gasteiger partial charge in [0.15, 0.2) is 0 Å². The van der Waals surface area contributed by atoms with Crippen LogP contribution in [0.3, 0.4) is 0 Å². The molecular weight excluding hydrogens is 168 g/mol. The lowest BCUT2D eigenvalue weighted by Crippen LogP contribution is -2.14. The molecular formula is C10H18O3. The lowest BCUT2D eigenvalue weighted by molar-refractivity contribution is -0.140. The summed E-state index contributed by atoms with van der Waals surface area (Å²) in [4.78, 5) is 21.6. The monoisotopic (exact) mass is 186 g/mol. The summed E-state index contributed by atoms with van der Waals surface area (Å²) < 4.78 is 0. The molecule has 0 rings (SSSR count). The molecule has 0 aromatic carbocycles. The van der Waals surface area contributed by atoms with Crippen LogP contribution in [0.1, 0.15) is 46.0 Å². The number of hydrogen-bond acceptors (Lipinski definition) is 2. The highest BCUT2D eigenvalue weighted by atomic mass is 16.4. The topological polar surface area (TPSA) is 54.4 Å². The third-order valence-corrected chi connectivity index (χ3v) is 2.06. The van der Waals surface area contributed by atoms with Gasteiger partial charge in [0.25, 0.3) is 0 Å². The number of carboxylic acids is 1. The normalized spacial score (nSPS) is 12.5. The molecule has 1 atom stereocenters. The van der Waals surface area contributed by atoms with Gasteiger partial charge in [0, 0.05) is 12.3 Å². The first-order valence-electron chi connectivity index (χ1n) is 4.82. The van der Waals surface area contributed by atoms with Crippen LogP contribution in [-0.2, 0) is 9.59 Å². The predicted octanol–water partition coefficient (Wildman–Crippen LogP) is 2.25. The maximum atomic E-state index is 11.3. The van der Waals surface area contributed by atoms with Gasteiger partial charge >= 0.3 is 5.97 Å². The lowest BCUT2D eigenvalue weighted by atomic mass is 9.98. The van der Waals surface area contributed by atoms with Gasteiger partial charge in [-0.2, -0.15) is 0 Å². The average molecular weight is 186 g/mol. The van der Waals surface area contributed by atoms with E-state index in [-0.39, 0.29) is 18.1 Å². The Morgan fingerprint density at radius 2 is 1.92 bits per heavy atom. The van der Waals surface area contributed by atoms with E-state index >= 15 is 0 Å². The van der Waals surface area contributed by atoms with E-state index < -0.39 is 5.97 Å². The van der Waals surface area contributed by atoms with Crippen LogP contribution < -0.4 is 0 Å². The summed E-state index contributed by atoms with van der Waals surface area (Å²) in [5.74, 6) is -1.14. The Balaban J connectivity index is 3.63. The van der Waals surface area contributed by atoms with E-state index in [1.165, 1.54) is 0 Å². The van der Waals surface area contributed by atoms with Gasteiger partial charge in [-0.15, -0.1) is 0 Å². The van der Waals surface area contributed by atoms with Gasteiger partial charge in [0.1, 0.15) is 5.78 Å². The highest BCUT2D eigenvalue weighted by Gasteiger charge is 2.15. The number of ketones is 1. The second-order valence-corrected chi connectivity index (χ2v) is 3.42. The SMILES string of the molecule is CCCCCC(=O)[C@@H](C)CC(=O)O. The minimum atomic E-state index is -0.892. The van der Waals surface area contributed by atoms with E-state index in [0.29, 0.717) is 6.42 Å². The highest BCUT2D eigenvalue weighted by Crippen LogP contribution is 2.09. The van der Waals surface area contributed by atoms with Crippen LogP contribution in [0.5, 0.6) is 0 Å². The van der Waals surface area contributed by atoms with Crippen LogP contribution in [0.2, 0.25) is 0 Å². The third kappa shape index (κ3) is 6.31. The molecule has 0 radical (unpaired) electrons. The average Bonchev–Trinajstić information content (AvgIpc) is 2.03. The molecule has 76 valence electrons. The Hall–Kier alpha value is -0.860. The van der Waals surface area contributed by atoms with Crippen LogP contribution in [-0.4, -0.2) is 16.9 Å². The first-order chi connectivity index (χ1) is 6.07. The Labute approximate surface area is 79.1 Å². The van der Waals surface area contributed by atoms with Crippen molar-refractivity contribution in [3.05, 3.63) is 0 Å². The lowest BCUT2D eigenvalue weighted by Gasteiger charge is -2.06. The molecule has 1 N–H and O–H groups in total. The van der Waals surface area contributed by atoms with Gasteiger partial charge in [-0.1, -0.05) is 26.7 Å². The second kappa shape index (κ2) is 6.63. The quantitative estimate of drug-likeness (QED) is 0.620. The molecule has 13 heavy (non-hydrogen) atoms. The number of Topliss-reactive ketones (excluding diaryl/α,β-unsaturated/α-hetero) is 1. The molecule has 0 unspecified atom stereocenters. The summed E-state index contributed by atoms with van der Waals surface area (Å²) in [5.41, 5.74) is 0. The number of carbonyl (C=O) groups excluding carboxylic acids is 1. The summed E-state index contributed by atoms with van der Waals surface area (Å²) in [6.45, 7) is 3.76. The van der Waals surface area contributed by atoms with Crippen LogP contribution in [0.4, 0.5) is 0 Å². The smallest absolute Gasteiger partial charge is 0.304 e. The zero-order valence-corrected chi connectivity index (χ0v) is 8.38. The molecule has 0 amide bonds. The van der Waals surface area contributed by atoms with E-state index in [0.717, 1.165) is 19.3 Å². The first-order valence-corrected chi connectivity index (χ1v) is 4.82. The number of unbranched alkanes of at least 4 members (excludes halogenated alkanes) is 2. The maximum Gasteiger partial charge on any atom is 0.304 e. The summed E-state index contributed by atoms with van der Waals surface area (Å²) in [5, 5.41) is 8.45. The van der Waals surface area contributed by atoms with Gasteiger partial charge in [-0.25, -0.2) is 0 Å². The van der Waals surface area contributed by atoms with Crippen molar-refractivity contribution in [2.75, 3.05) is 0 Å². The van der Waals surface area contributed by atoms with Gasteiger partial charge in [0.2, 0.25) is 0 Å². The molecule has 3 heteroatoms. The van der Waals surface area contributed by atoms with Crippen molar-refractivity contribution in [2.45, 2.75) is 46.0 Å². The second-order valence-electron chi connectivity index (χ2n) is 3.42. The molecule has 0 fully saturated rings. The van der Waals surface area contributed by atoms with Gasteiger partial charge in [-0.05, 0) is 6.42 Å². The van der Waals surface area contributed by atoms with Crippen molar-refractivity contribution in [1.82, 2.24) is 0 Å². The summed E-state index contributed by atoms with van der Waals surface area (Å²) in [7, 11) is 0. The van der Waals surface area contributed by atoms with Crippen LogP contribution >= 0.6 is 0 Å². The van der Waals surface area contributed by atoms with E-state index in [9.17, 15) is 9.59 Å². The molecule has 0 heterocycles. The summed E-state index contributed by atoms with van der Waals surface area (Å²) in [6, 6.07) is 0. The van der Waals surface area contributed by atoms with E-state index in [1.54, 1.807) is 6.92 Å². The molecule has 0 aromatic rings. The van der Waals surface area contributed by atoms with Crippen molar-refractivity contribution in [3.8, 4) is 0 Å². The number of aliphatic carboxylic acids is 1. The van der Waals surface area contributed by atoms with Gasteiger partial charge < -0.3 is 5.11 Å². The molecule has 0 aromatic heterocycles.